The molecule has 0 amide bonds. The third kappa shape index (κ3) is 2.61. The van der Waals surface area contributed by atoms with Crippen LogP contribution in [0, 0.1) is 0 Å². The van der Waals surface area contributed by atoms with Crippen molar-refractivity contribution < 1.29 is 14.9 Å². The Labute approximate surface area is 89.7 Å². The van der Waals surface area contributed by atoms with E-state index in [9.17, 15) is 0 Å². The van der Waals surface area contributed by atoms with E-state index >= 15 is 0 Å². The van der Waals surface area contributed by atoms with Crippen LogP contribution in [-0.2, 0) is 0 Å². The molecule has 1 aromatic rings. The Hall–Kier alpha value is -1.26. The van der Waals surface area contributed by atoms with Gasteiger partial charge in [-0.1, -0.05) is 12.1 Å². The van der Waals surface area contributed by atoms with Gasteiger partial charge in [0.05, 0.1) is 32.1 Å². The number of hydrogen-bond acceptors (Lipinski definition) is 4. The third-order valence-corrected chi connectivity index (χ3v) is 2.43. The summed E-state index contributed by atoms with van der Waals surface area (Å²) in [5.41, 5.74) is 0.855. The highest BCUT2D eigenvalue weighted by Crippen LogP contribution is 2.27. The van der Waals surface area contributed by atoms with Gasteiger partial charge in [-0.2, -0.15) is 0 Å². The van der Waals surface area contributed by atoms with E-state index in [-0.39, 0.29) is 19.3 Å². The standard InChI is InChI=1S/C11H17NO3/c1-12(9(7-13)8-14)10-5-3-4-6-11(10)15-2/h3-6,9,13-14H,7-8H2,1-2H3. The van der Waals surface area contributed by atoms with Crippen LogP contribution in [-0.4, -0.2) is 43.6 Å². The minimum Gasteiger partial charge on any atom is -0.495 e. The van der Waals surface area contributed by atoms with Gasteiger partial charge in [-0.3, -0.25) is 0 Å². The Balaban J connectivity index is 2.93. The number of aliphatic hydroxyl groups excluding tert-OH is 2. The fraction of sp³-hybridized carbons (Fsp3) is 0.455. The van der Waals surface area contributed by atoms with Crippen LogP contribution in [0.25, 0.3) is 0 Å². The van der Waals surface area contributed by atoms with Crippen molar-refractivity contribution in [2.24, 2.45) is 0 Å². The van der Waals surface area contributed by atoms with E-state index in [4.69, 9.17) is 14.9 Å². The number of likely N-dealkylation sites (N-methyl/N-ethyl adjacent to an activating group) is 1. The topological polar surface area (TPSA) is 52.9 Å². The summed E-state index contributed by atoms with van der Waals surface area (Å²) in [6.45, 7) is -0.184. The number of benzene rings is 1. The molecule has 0 spiro atoms. The zero-order chi connectivity index (χ0) is 11.3. The molecule has 0 bridgehead atoms. The molecule has 0 unspecified atom stereocenters. The molecule has 0 aliphatic carbocycles. The fourth-order valence-corrected chi connectivity index (χ4v) is 1.42. The molecule has 4 nitrogen and oxygen atoms in total. The SMILES string of the molecule is COc1ccccc1N(C)C(CO)CO. The Bertz CT molecular complexity index is 300. The van der Waals surface area contributed by atoms with E-state index in [0.29, 0.717) is 0 Å². The van der Waals surface area contributed by atoms with Crippen molar-refractivity contribution in [3.05, 3.63) is 24.3 Å². The van der Waals surface area contributed by atoms with Crippen molar-refractivity contribution in [1.29, 1.82) is 0 Å². The van der Waals surface area contributed by atoms with Crippen molar-refractivity contribution in [2.75, 3.05) is 32.3 Å². The second-order valence-electron chi connectivity index (χ2n) is 3.30. The average Bonchev–Trinajstić information content (AvgIpc) is 2.30. The largest absolute Gasteiger partial charge is 0.495 e. The molecule has 0 fully saturated rings. The number of aliphatic hydroxyl groups is 2. The molecular weight excluding hydrogens is 194 g/mol. The Morgan fingerprint density at radius 3 is 2.40 bits per heavy atom. The lowest BCUT2D eigenvalue weighted by Gasteiger charge is -2.28. The van der Waals surface area contributed by atoms with Gasteiger partial charge in [-0.05, 0) is 12.1 Å². The lowest BCUT2D eigenvalue weighted by atomic mass is 10.2. The monoisotopic (exact) mass is 211 g/mol. The molecular formula is C11H17NO3. The number of rotatable bonds is 5. The molecule has 2 N–H and O–H groups in total. The normalized spacial score (nSPS) is 10.5. The van der Waals surface area contributed by atoms with Gasteiger partial charge in [-0.15, -0.1) is 0 Å². The van der Waals surface area contributed by atoms with Crippen molar-refractivity contribution >= 4 is 5.69 Å². The van der Waals surface area contributed by atoms with Crippen LogP contribution in [0.1, 0.15) is 0 Å². The van der Waals surface area contributed by atoms with Gasteiger partial charge in [0, 0.05) is 7.05 Å². The number of methoxy groups -OCH3 is 1. The maximum Gasteiger partial charge on any atom is 0.142 e. The highest BCUT2D eigenvalue weighted by atomic mass is 16.5. The predicted octanol–water partition coefficient (Wildman–Crippen LogP) is 0.485. The first kappa shape index (κ1) is 11.8. The lowest BCUT2D eigenvalue weighted by molar-refractivity contribution is 0.190. The summed E-state index contributed by atoms with van der Waals surface area (Å²) in [5, 5.41) is 18.2. The molecule has 0 aliphatic heterocycles. The molecule has 4 heteroatoms. The molecule has 0 aromatic heterocycles. The van der Waals surface area contributed by atoms with Crippen molar-refractivity contribution in [1.82, 2.24) is 0 Å². The molecule has 0 aliphatic rings. The fourth-order valence-electron chi connectivity index (χ4n) is 1.42. The van der Waals surface area contributed by atoms with Gasteiger partial charge in [0.2, 0.25) is 0 Å². The van der Waals surface area contributed by atoms with Crippen LogP contribution < -0.4 is 9.64 Å². The first-order chi connectivity index (χ1) is 7.24. The van der Waals surface area contributed by atoms with Crippen LogP contribution in [0.15, 0.2) is 24.3 Å². The molecule has 0 saturated heterocycles. The number of hydrogen-bond donors (Lipinski definition) is 2. The van der Waals surface area contributed by atoms with Gasteiger partial charge in [0.25, 0.3) is 0 Å². The van der Waals surface area contributed by atoms with Crippen LogP contribution in [0.5, 0.6) is 5.75 Å². The third-order valence-electron chi connectivity index (χ3n) is 2.43. The molecule has 15 heavy (non-hydrogen) atoms. The maximum absolute atomic E-state index is 9.08. The van der Waals surface area contributed by atoms with E-state index in [1.54, 1.807) is 12.0 Å². The molecule has 1 rings (SSSR count). The molecule has 0 atom stereocenters. The van der Waals surface area contributed by atoms with E-state index in [0.717, 1.165) is 11.4 Å². The summed E-state index contributed by atoms with van der Waals surface area (Å²) >= 11 is 0. The summed E-state index contributed by atoms with van der Waals surface area (Å²) in [6.07, 6.45) is 0. The minimum absolute atomic E-state index is 0.0922. The van der Waals surface area contributed by atoms with E-state index in [1.807, 2.05) is 31.3 Å². The lowest BCUT2D eigenvalue weighted by Crippen LogP contribution is -2.37. The number of nitrogens with zero attached hydrogens (tertiary/aromatic N) is 1. The van der Waals surface area contributed by atoms with Gasteiger partial charge in [0.1, 0.15) is 5.75 Å². The molecule has 0 radical (unpaired) electrons. The zero-order valence-electron chi connectivity index (χ0n) is 9.05. The summed E-state index contributed by atoms with van der Waals surface area (Å²) in [4.78, 5) is 1.80. The van der Waals surface area contributed by atoms with E-state index in [2.05, 4.69) is 0 Å². The Morgan fingerprint density at radius 2 is 1.87 bits per heavy atom. The van der Waals surface area contributed by atoms with Crippen LogP contribution >= 0.6 is 0 Å². The Kier molecular flexibility index (Phi) is 4.39. The second-order valence-corrected chi connectivity index (χ2v) is 3.30. The predicted molar refractivity (Wildman–Crippen MR) is 59.4 cm³/mol. The van der Waals surface area contributed by atoms with Gasteiger partial charge < -0.3 is 19.8 Å². The maximum atomic E-state index is 9.08. The van der Waals surface area contributed by atoms with Crippen LogP contribution in [0.4, 0.5) is 5.69 Å². The van der Waals surface area contributed by atoms with Crippen molar-refractivity contribution in [3.8, 4) is 5.75 Å². The quantitative estimate of drug-likeness (QED) is 0.744. The Morgan fingerprint density at radius 1 is 1.27 bits per heavy atom. The molecule has 84 valence electrons. The minimum atomic E-state index is -0.304. The highest BCUT2D eigenvalue weighted by Gasteiger charge is 2.15. The molecule has 0 heterocycles. The number of anilines is 1. The van der Waals surface area contributed by atoms with Gasteiger partial charge >= 0.3 is 0 Å². The summed E-state index contributed by atoms with van der Waals surface area (Å²) in [5.74, 6) is 0.729. The van der Waals surface area contributed by atoms with Crippen molar-refractivity contribution in [2.45, 2.75) is 6.04 Å². The highest BCUT2D eigenvalue weighted by molar-refractivity contribution is 5.58. The smallest absolute Gasteiger partial charge is 0.142 e. The summed E-state index contributed by atoms with van der Waals surface area (Å²) in [6, 6.07) is 7.19. The summed E-state index contributed by atoms with van der Waals surface area (Å²) in [7, 11) is 3.41. The van der Waals surface area contributed by atoms with Gasteiger partial charge in [-0.25, -0.2) is 0 Å². The first-order valence-electron chi connectivity index (χ1n) is 4.82. The number of ether oxygens (including phenoxy) is 1. The molecule has 1 aromatic carbocycles. The van der Waals surface area contributed by atoms with Gasteiger partial charge in [0.15, 0.2) is 0 Å². The van der Waals surface area contributed by atoms with E-state index in [1.165, 1.54) is 0 Å². The van der Waals surface area contributed by atoms with Crippen LogP contribution in [0.2, 0.25) is 0 Å². The first-order valence-corrected chi connectivity index (χ1v) is 4.82. The number of para-hydroxylation sites is 2. The van der Waals surface area contributed by atoms with Crippen molar-refractivity contribution in [3.63, 3.8) is 0 Å². The second kappa shape index (κ2) is 5.58. The zero-order valence-corrected chi connectivity index (χ0v) is 9.05. The van der Waals surface area contributed by atoms with Crippen LogP contribution in [0.3, 0.4) is 0 Å². The summed E-state index contributed by atoms with van der Waals surface area (Å²) < 4.78 is 5.20. The van der Waals surface area contributed by atoms with E-state index < -0.39 is 0 Å². The molecule has 0 saturated carbocycles. The average molecular weight is 211 g/mol.